The lowest BCUT2D eigenvalue weighted by molar-refractivity contribution is 0.150. The van der Waals surface area contributed by atoms with E-state index in [-0.39, 0.29) is 8.03 Å². The number of carbonyl (C=O) groups is 1. The summed E-state index contributed by atoms with van der Waals surface area (Å²) in [5.74, 6) is 0. The Bertz CT molecular complexity index is 276. The van der Waals surface area contributed by atoms with Gasteiger partial charge < -0.3 is 16.2 Å². The van der Waals surface area contributed by atoms with Crippen LogP contribution in [-0.2, 0) is 11.3 Å². The summed E-state index contributed by atoms with van der Waals surface area (Å²) >= 11 is 0. The second kappa shape index (κ2) is 11.4. The maximum Gasteiger partial charge on any atom is 0.404 e. The van der Waals surface area contributed by atoms with E-state index in [0.717, 1.165) is 5.56 Å². The van der Waals surface area contributed by atoms with Crippen LogP contribution in [0.3, 0.4) is 0 Å². The van der Waals surface area contributed by atoms with Crippen molar-refractivity contribution in [2.75, 3.05) is 5.73 Å². The summed E-state index contributed by atoms with van der Waals surface area (Å²) in [6.45, 7) is 8.19. The molecule has 4 heteroatoms. The highest BCUT2D eigenvalue weighted by Gasteiger charge is 1.95. The van der Waals surface area contributed by atoms with E-state index in [9.17, 15) is 4.79 Å². The Morgan fingerprint density at radius 3 is 2.00 bits per heavy atom. The van der Waals surface area contributed by atoms with Crippen molar-refractivity contribution in [2.45, 2.75) is 34.3 Å². The second-order valence-electron chi connectivity index (χ2n) is 2.35. The van der Waals surface area contributed by atoms with Crippen molar-refractivity contribution >= 4 is 11.8 Å². The van der Waals surface area contributed by atoms with Crippen LogP contribution < -0.4 is 11.5 Å². The molecule has 1 rings (SSSR count). The number of ether oxygens (including phenoxy) is 1. The molecule has 4 N–H and O–H groups in total. The van der Waals surface area contributed by atoms with Crippen LogP contribution in [0.15, 0.2) is 24.3 Å². The Morgan fingerprint density at radius 2 is 1.62 bits per heavy atom. The molecule has 0 atom stereocenters. The summed E-state index contributed by atoms with van der Waals surface area (Å²) in [5, 5.41) is 0. The number of rotatable bonds is 2. The molecule has 0 saturated heterocycles. The van der Waals surface area contributed by atoms with Crippen molar-refractivity contribution in [1.29, 1.82) is 0 Å². The fraction of sp³-hybridized carbons (Fsp3) is 0.417. The number of hydrogen-bond acceptors (Lipinski definition) is 3. The van der Waals surface area contributed by atoms with Gasteiger partial charge in [0.1, 0.15) is 6.61 Å². The summed E-state index contributed by atoms with van der Waals surface area (Å²) < 4.78 is 4.57. The lowest BCUT2D eigenvalue weighted by Crippen LogP contribution is -2.12. The minimum Gasteiger partial charge on any atom is -0.445 e. The van der Waals surface area contributed by atoms with E-state index in [2.05, 4.69) is 4.74 Å². The van der Waals surface area contributed by atoms with Crippen molar-refractivity contribution in [3.05, 3.63) is 29.8 Å². The molecule has 0 bridgehead atoms. The molecule has 0 saturated carbocycles. The van der Waals surface area contributed by atoms with Gasteiger partial charge in [-0.1, -0.05) is 39.8 Å². The molecule has 0 radical (unpaired) electrons. The van der Waals surface area contributed by atoms with Gasteiger partial charge in [0.05, 0.1) is 0 Å². The van der Waals surface area contributed by atoms with Gasteiger partial charge in [-0.05, 0) is 17.7 Å². The van der Waals surface area contributed by atoms with Crippen LogP contribution in [-0.4, -0.2) is 6.09 Å². The average Bonchev–Trinajstić information content (AvgIpc) is 2.33. The highest BCUT2D eigenvalue weighted by Crippen LogP contribution is 2.06. The first-order chi connectivity index (χ1) is 7.68. The van der Waals surface area contributed by atoms with Crippen molar-refractivity contribution in [2.24, 2.45) is 5.73 Å². The number of nitrogens with two attached hydrogens (primary N) is 2. The van der Waals surface area contributed by atoms with Gasteiger partial charge in [0.2, 0.25) is 0 Å². The summed E-state index contributed by atoms with van der Waals surface area (Å²) in [6, 6.07) is 7.02. The van der Waals surface area contributed by atoms with Crippen LogP contribution in [0.5, 0.6) is 0 Å². The molecule has 0 aliphatic rings. The van der Waals surface area contributed by atoms with Crippen LogP contribution in [0.25, 0.3) is 0 Å². The quantitative estimate of drug-likeness (QED) is 0.763. The number of carbonyl (C=O) groups excluding carboxylic acids is 1. The maximum atomic E-state index is 10.2. The number of hydrogen-bond donors (Lipinski definition) is 2. The molecule has 1 aromatic rings. The Kier molecular flexibility index (Phi) is 11.9. The molecule has 0 heterocycles. The zero-order chi connectivity index (χ0) is 13.0. The van der Waals surface area contributed by atoms with E-state index in [0.29, 0.717) is 5.69 Å². The zero-order valence-corrected chi connectivity index (χ0v) is 10.5. The van der Waals surface area contributed by atoms with Crippen LogP contribution in [0.1, 0.15) is 34.7 Å². The molecule has 1 aromatic carbocycles. The SMILES string of the molecule is CC.CC.NC(=O)OCc1ccc(N)cc1.[HH]. The molecule has 0 unspecified atom stereocenters. The smallest absolute Gasteiger partial charge is 0.404 e. The number of benzene rings is 1. The van der Waals surface area contributed by atoms with Gasteiger partial charge in [-0.15, -0.1) is 0 Å². The summed E-state index contributed by atoms with van der Waals surface area (Å²) in [5.41, 5.74) is 11.8. The number of primary amides is 1. The Balaban J connectivity index is -0.000000355. The van der Waals surface area contributed by atoms with Gasteiger partial charge >= 0.3 is 6.09 Å². The minimum absolute atomic E-state index is 0. The van der Waals surface area contributed by atoms with Gasteiger partial charge in [0.15, 0.2) is 0 Å². The normalized spacial score (nSPS) is 7.75. The molecule has 16 heavy (non-hydrogen) atoms. The first-order valence-electron chi connectivity index (χ1n) is 5.45. The fourth-order valence-corrected chi connectivity index (χ4v) is 0.768. The first-order valence-corrected chi connectivity index (χ1v) is 5.45. The van der Waals surface area contributed by atoms with Gasteiger partial charge in [-0.3, -0.25) is 0 Å². The Morgan fingerprint density at radius 1 is 1.19 bits per heavy atom. The van der Waals surface area contributed by atoms with E-state index in [1.54, 1.807) is 24.3 Å². The molecule has 1 amide bonds. The zero-order valence-electron chi connectivity index (χ0n) is 10.5. The summed E-state index contributed by atoms with van der Waals surface area (Å²) in [7, 11) is 0. The van der Waals surface area contributed by atoms with Crippen molar-refractivity contribution in [1.82, 2.24) is 0 Å². The molecule has 4 nitrogen and oxygen atoms in total. The van der Waals surface area contributed by atoms with E-state index >= 15 is 0 Å². The van der Waals surface area contributed by atoms with Crippen LogP contribution in [0.2, 0.25) is 0 Å². The molecular formula is C12H24N2O2. The molecule has 0 spiro atoms. The summed E-state index contributed by atoms with van der Waals surface area (Å²) in [6.07, 6.45) is -0.771. The van der Waals surface area contributed by atoms with Crippen molar-refractivity contribution in [3.8, 4) is 0 Å². The van der Waals surface area contributed by atoms with Crippen molar-refractivity contribution < 1.29 is 11.0 Å². The standard InChI is InChI=1S/C8H10N2O2.2C2H6.H2/c9-7-3-1-6(2-4-7)5-12-8(10)11;2*1-2;/h1-4H,5,9H2,(H2,10,11);2*1-2H3;1H. The van der Waals surface area contributed by atoms with Gasteiger partial charge in [0.25, 0.3) is 0 Å². The molecule has 94 valence electrons. The average molecular weight is 228 g/mol. The Labute approximate surface area is 99.1 Å². The van der Waals surface area contributed by atoms with Crippen LogP contribution in [0.4, 0.5) is 10.5 Å². The van der Waals surface area contributed by atoms with Gasteiger partial charge in [-0.25, -0.2) is 4.79 Å². The highest BCUT2D eigenvalue weighted by molar-refractivity contribution is 5.64. The van der Waals surface area contributed by atoms with E-state index < -0.39 is 6.09 Å². The highest BCUT2D eigenvalue weighted by atomic mass is 16.5. The largest absolute Gasteiger partial charge is 0.445 e. The van der Waals surface area contributed by atoms with Gasteiger partial charge in [-0.2, -0.15) is 0 Å². The first kappa shape index (κ1) is 16.7. The molecule has 0 aliphatic heterocycles. The van der Waals surface area contributed by atoms with Crippen molar-refractivity contribution in [3.63, 3.8) is 0 Å². The predicted molar refractivity (Wildman–Crippen MR) is 70.0 cm³/mol. The Hall–Kier alpha value is -1.71. The second-order valence-corrected chi connectivity index (χ2v) is 2.35. The molecule has 0 aromatic heterocycles. The summed E-state index contributed by atoms with van der Waals surface area (Å²) in [4.78, 5) is 10.2. The van der Waals surface area contributed by atoms with Crippen LogP contribution >= 0.6 is 0 Å². The fourth-order valence-electron chi connectivity index (χ4n) is 0.768. The predicted octanol–water partition coefficient (Wildman–Crippen LogP) is 3.16. The van der Waals surface area contributed by atoms with Crippen LogP contribution in [0, 0.1) is 0 Å². The number of amides is 1. The maximum absolute atomic E-state index is 10.2. The topological polar surface area (TPSA) is 78.3 Å². The number of anilines is 1. The van der Waals surface area contributed by atoms with E-state index in [1.165, 1.54) is 0 Å². The van der Waals surface area contributed by atoms with E-state index in [1.807, 2.05) is 27.7 Å². The molecule has 0 fully saturated rings. The number of nitrogen functional groups attached to an aromatic ring is 1. The third kappa shape index (κ3) is 8.87. The van der Waals surface area contributed by atoms with E-state index in [4.69, 9.17) is 11.5 Å². The lowest BCUT2D eigenvalue weighted by atomic mass is 10.2. The molecule has 0 aliphatic carbocycles. The minimum atomic E-state index is -0.771. The van der Waals surface area contributed by atoms with Gasteiger partial charge in [0, 0.05) is 7.11 Å². The molecular weight excluding hydrogens is 204 g/mol. The monoisotopic (exact) mass is 228 g/mol. The lowest BCUT2D eigenvalue weighted by Gasteiger charge is -2.01. The third-order valence-electron chi connectivity index (χ3n) is 1.36. The third-order valence-corrected chi connectivity index (χ3v) is 1.36.